The van der Waals surface area contributed by atoms with Crippen LogP contribution in [-0.2, 0) is 19.9 Å². The Morgan fingerprint density at radius 3 is 2.17 bits per heavy atom. The first-order chi connectivity index (χ1) is 13.8. The molecule has 2 aromatic carbocycles. The lowest BCUT2D eigenvalue weighted by atomic mass is 10.3. The number of nitrogens with zero attached hydrogens (tertiary/aromatic N) is 1. The molecule has 160 valence electrons. The van der Waals surface area contributed by atoms with Crippen molar-refractivity contribution in [3.8, 4) is 5.75 Å². The van der Waals surface area contributed by atoms with E-state index < -0.39 is 19.9 Å². The molecule has 7 nitrogen and oxygen atoms in total. The summed E-state index contributed by atoms with van der Waals surface area (Å²) in [5, 5.41) is 0. The van der Waals surface area contributed by atoms with Gasteiger partial charge in [0, 0.05) is 6.54 Å². The van der Waals surface area contributed by atoms with Gasteiger partial charge in [-0.3, -0.25) is 0 Å². The largest absolute Gasteiger partial charge is 0.495 e. The Balaban J connectivity index is 2.28. The summed E-state index contributed by atoms with van der Waals surface area (Å²) in [5.41, 5.74) is 0. The van der Waals surface area contributed by atoms with Crippen molar-refractivity contribution in [1.82, 2.24) is 9.62 Å². The Bertz CT molecular complexity index is 1000. The third kappa shape index (κ3) is 5.79. The predicted molar refractivity (Wildman–Crippen MR) is 112 cm³/mol. The Labute approximate surface area is 173 Å². The van der Waals surface area contributed by atoms with Crippen molar-refractivity contribution in [2.24, 2.45) is 0 Å². The summed E-state index contributed by atoms with van der Waals surface area (Å²) in [6.07, 6.45) is 0.644. The molecule has 1 N–H and O–H groups in total. The number of hydrogen-bond donors (Lipinski definition) is 1. The molecular formula is C20H28N2O5S2. The molecule has 0 bridgehead atoms. The van der Waals surface area contributed by atoms with Gasteiger partial charge in [0.05, 0.1) is 16.9 Å². The topological polar surface area (TPSA) is 92.8 Å². The van der Waals surface area contributed by atoms with E-state index in [0.717, 1.165) is 25.7 Å². The van der Waals surface area contributed by atoms with Crippen LogP contribution < -0.4 is 9.46 Å². The highest BCUT2D eigenvalue weighted by Crippen LogP contribution is 2.29. The van der Waals surface area contributed by atoms with Crippen molar-refractivity contribution in [3.05, 3.63) is 48.5 Å². The van der Waals surface area contributed by atoms with Crippen LogP contribution in [0.4, 0.5) is 0 Å². The molecule has 2 aromatic rings. The third-order valence-electron chi connectivity index (χ3n) is 4.63. The van der Waals surface area contributed by atoms with E-state index in [4.69, 9.17) is 4.74 Å². The van der Waals surface area contributed by atoms with Gasteiger partial charge in [-0.15, -0.1) is 0 Å². The Kier molecular flexibility index (Phi) is 8.21. The molecule has 0 aliphatic heterocycles. The number of benzene rings is 2. The molecular weight excluding hydrogens is 412 g/mol. The molecule has 2 rings (SSSR count). The van der Waals surface area contributed by atoms with Gasteiger partial charge < -0.3 is 9.64 Å². The first-order valence-electron chi connectivity index (χ1n) is 9.46. The lowest BCUT2D eigenvalue weighted by molar-refractivity contribution is 0.300. The van der Waals surface area contributed by atoms with Crippen molar-refractivity contribution in [1.29, 1.82) is 0 Å². The number of hydrogen-bond acceptors (Lipinski definition) is 6. The van der Waals surface area contributed by atoms with Crippen LogP contribution in [0, 0.1) is 0 Å². The fraction of sp³-hybridized carbons (Fsp3) is 0.400. The summed E-state index contributed by atoms with van der Waals surface area (Å²) in [4.78, 5) is 2.00. The van der Waals surface area contributed by atoms with Crippen LogP contribution in [0.15, 0.2) is 63.2 Å². The summed E-state index contributed by atoms with van der Waals surface area (Å²) in [6.45, 7) is 6.92. The van der Waals surface area contributed by atoms with Crippen LogP contribution >= 0.6 is 0 Å². The highest BCUT2D eigenvalue weighted by atomic mass is 32.2. The molecule has 0 aliphatic carbocycles. The second kappa shape index (κ2) is 10.2. The Morgan fingerprint density at radius 2 is 1.59 bits per heavy atom. The number of methoxy groups -OCH3 is 1. The molecule has 0 heterocycles. The fourth-order valence-electron chi connectivity index (χ4n) is 2.90. The molecule has 0 radical (unpaired) electrons. The van der Waals surface area contributed by atoms with Gasteiger partial charge in [-0.25, -0.2) is 21.6 Å². The lowest BCUT2D eigenvalue weighted by Gasteiger charge is -2.18. The zero-order valence-electron chi connectivity index (χ0n) is 17.0. The minimum Gasteiger partial charge on any atom is -0.495 e. The molecule has 0 saturated heterocycles. The van der Waals surface area contributed by atoms with Crippen LogP contribution in [-0.4, -0.2) is 55.0 Å². The molecule has 9 heteroatoms. The van der Waals surface area contributed by atoms with Crippen molar-refractivity contribution >= 4 is 19.9 Å². The van der Waals surface area contributed by atoms with E-state index in [-0.39, 0.29) is 27.0 Å². The fourth-order valence-corrected chi connectivity index (χ4v) is 5.55. The maximum atomic E-state index is 12.9. The smallest absolute Gasteiger partial charge is 0.244 e. The van der Waals surface area contributed by atoms with Crippen LogP contribution in [0.3, 0.4) is 0 Å². The van der Waals surface area contributed by atoms with E-state index >= 15 is 0 Å². The van der Waals surface area contributed by atoms with Crippen LogP contribution in [0.2, 0.25) is 0 Å². The average molecular weight is 441 g/mol. The van der Waals surface area contributed by atoms with Crippen molar-refractivity contribution < 1.29 is 21.6 Å². The van der Waals surface area contributed by atoms with Crippen LogP contribution in [0.1, 0.15) is 20.3 Å². The van der Waals surface area contributed by atoms with Crippen LogP contribution in [0.25, 0.3) is 0 Å². The highest BCUT2D eigenvalue weighted by Gasteiger charge is 2.24. The number of nitrogens with one attached hydrogen (secondary N) is 1. The lowest BCUT2D eigenvalue weighted by Crippen LogP contribution is -2.30. The van der Waals surface area contributed by atoms with Crippen LogP contribution in [0.5, 0.6) is 5.75 Å². The van der Waals surface area contributed by atoms with E-state index in [9.17, 15) is 16.8 Å². The normalized spacial score (nSPS) is 12.3. The van der Waals surface area contributed by atoms with E-state index in [1.165, 1.54) is 31.4 Å². The average Bonchev–Trinajstić information content (AvgIpc) is 2.74. The third-order valence-corrected chi connectivity index (χ3v) is 7.88. The molecule has 0 unspecified atom stereocenters. The quantitative estimate of drug-likeness (QED) is 0.540. The van der Waals surface area contributed by atoms with Crippen molar-refractivity contribution in [3.63, 3.8) is 0 Å². The van der Waals surface area contributed by atoms with Crippen molar-refractivity contribution in [2.45, 2.75) is 35.0 Å². The van der Waals surface area contributed by atoms with Gasteiger partial charge in [0.1, 0.15) is 10.6 Å². The summed E-state index contributed by atoms with van der Waals surface area (Å²) in [6, 6.07) is 11.7. The maximum absolute atomic E-state index is 12.9. The zero-order chi connectivity index (χ0) is 21.5. The molecule has 0 spiro atoms. The second-order valence-electron chi connectivity index (χ2n) is 6.41. The minimum absolute atomic E-state index is 0.0910. The van der Waals surface area contributed by atoms with Gasteiger partial charge in [0.15, 0.2) is 0 Å². The standard InChI is InChI=1S/C20H28N2O5S2/c1-4-22(5-2)15-9-14-21-29(25,26)20-16-18(12-13-19(20)27-3)28(23,24)17-10-7-6-8-11-17/h6-8,10-13,16,21H,4-5,9,14-15H2,1-3H3. The molecule has 0 atom stereocenters. The summed E-state index contributed by atoms with van der Waals surface area (Å²) in [5.74, 6) is 0.0910. The zero-order valence-corrected chi connectivity index (χ0v) is 18.6. The SMILES string of the molecule is CCN(CC)CCCNS(=O)(=O)c1cc(S(=O)(=O)c2ccccc2)ccc1OC. The Hall–Kier alpha value is -1.94. The highest BCUT2D eigenvalue weighted by molar-refractivity contribution is 7.91. The monoisotopic (exact) mass is 440 g/mol. The maximum Gasteiger partial charge on any atom is 0.244 e. The number of ether oxygens (including phenoxy) is 1. The summed E-state index contributed by atoms with van der Waals surface area (Å²) >= 11 is 0. The molecule has 29 heavy (non-hydrogen) atoms. The number of sulfonamides is 1. The Morgan fingerprint density at radius 1 is 0.931 bits per heavy atom. The van der Waals surface area contributed by atoms with Gasteiger partial charge in [-0.1, -0.05) is 32.0 Å². The van der Waals surface area contributed by atoms with Gasteiger partial charge in [0.2, 0.25) is 19.9 Å². The number of rotatable bonds is 11. The minimum atomic E-state index is -3.94. The van der Waals surface area contributed by atoms with E-state index in [0.29, 0.717) is 6.42 Å². The van der Waals surface area contributed by atoms with Gasteiger partial charge in [-0.05, 0) is 56.4 Å². The van der Waals surface area contributed by atoms with E-state index in [1.54, 1.807) is 18.2 Å². The van der Waals surface area contributed by atoms with E-state index in [2.05, 4.69) is 23.5 Å². The first kappa shape index (κ1) is 23.3. The van der Waals surface area contributed by atoms with Gasteiger partial charge in [0.25, 0.3) is 0 Å². The molecule has 0 fully saturated rings. The summed E-state index contributed by atoms with van der Waals surface area (Å²) < 4.78 is 59.0. The number of sulfone groups is 1. The first-order valence-corrected chi connectivity index (χ1v) is 12.4. The van der Waals surface area contributed by atoms with E-state index in [1.807, 2.05) is 0 Å². The molecule has 0 saturated carbocycles. The summed E-state index contributed by atoms with van der Waals surface area (Å²) in [7, 11) is -6.43. The van der Waals surface area contributed by atoms with Crippen molar-refractivity contribution in [2.75, 3.05) is 33.3 Å². The predicted octanol–water partition coefficient (Wildman–Crippen LogP) is 2.54. The molecule has 0 amide bonds. The molecule has 0 aromatic heterocycles. The molecule has 0 aliphatic rings. The second-order valence-corrected chi connectivity index (χ2v) is 10.1. The van der Waals surface area contributed by atoms with Gasteiger partial charge in [-0.2, -0.15) is 0 Å². The van der Waals surface area contributed by atoms with Gasteiger partial charge >= 0.3 is 0 Å².